The molecule has 0 saturated heterocycles. The van der Waals surface area contributed by atoms with Crippen molar-refractivity contribution in [3.05, 3.63) is 88.7 Å². The summed E-state index contributed by atoms with van der Waals surface area (Å²) in [6, 6.07) is 19.1. The number of aromatic nitrogens is 5. The fourth-order valence-electron chi connectivity index (χ4n) is 2.80. The summed E-state index contributed by atoms with van der Waals surface area (Å²) < 4.78 is 3.35. The molecule has 12 heteroatoms. The molecule has 32 heavy (non-hydrogen) atoms. The smallest absolute Gasteiger partial charge is 0.269 e. The van der Waals surface area contributed by atoms with Crippen molar-refractivity contribution in [3.63, 3.8) is 0 Å². The number of tetrazole rings is 1. The number of carbonyl (C=O) groups is 1. The number of hydrogen-bond donors (Lipinski definition) is 1. The Labute approximate surface area is 185 Å². The maximum Gasteiger partial charge on any atom is 0.269 e. The monoisotopic (exact) mass is 448 g/mol. The van der Waals surface area contributed by atoms with Crippen molar-refractivity contribution in [2.45, 2.75) is 5.16 Å². The largest absolute Gasteiger partial charge is 0.316 e. The predicted molar refractivity (Wildman–Crippen MR) is 118 cm³/mol. The molecule has 0 spiro atoms. The molecule has 2 aromatic carbocycles. The Morgan fingerprint density at radius 2 is 1.88 bits per heavy atom. The Hall–Kier alpha value is -4.32. The molecule has 0 aliphatic carbocycles. The standard InChI is InChI=1S/C20H16N8O3S/c29-19(14-32-20-23-24-25-27(20)16-5-2-1-3-6-16)22-21-13-18-7-4-12-26(18)15-8-10-17(11-9-15)28(30)31/h1-13H,14H2,(H,22,29). The number of para-hydroxylation sites is 1. The van der Waals surface area contributed by atoms with E-state index in [4.69, 9.17) is 0 Å². The second-order valence-corrected chi connectivity index (χ2v) is 7.31. The van der Waals surface area contributed by atoms with Crippen LogP contribution in [0.2, 0.25) is 0 Å². The number of nitro groups is 1. The van der Waals surface area contributed by atoms with E-state index in [9.17, 15) is 14.9 Å². The van der Waals surface area contributed by atoms with Crippen molar-refractivity contribution in [3.8, 4) is 11.4 Å². The first-order valence-corrected chi connectivity index (χ1v) is 10.3. The van der Waals surface area contributed by atoms with E-state index in [1.807, 2.05) is 36.4 Å². The SMILES string of the molecule is O=C(CSc1nnnn1-c1ccccc1)NN=Cc1cccn1-c1ccc([N+](=O)[O-])cc1. The molecule has 4 aromatic rings. The molecule has 1 amide bonds. The third kappa shape index (κ3) is 4.87. The highest BCUT2D eigenvalue weighted by atomic mass is 32.2. The van der Waals surface area contributed by atoms with E-state index in [0.29, 0.717) is 10.9 Å². The summed E-state index contributed by atoms with van der Waals surface area (Å²) >= 11 is 1.19. The second kappa shape index (κ2) is 9.66. The van der Waals surface area contributed by atoms with Gasteiger partial charge in [-0.2, -0.15) is 9.78 Å². The lowest BCUT2D eigenvalue weighted by Gasteiger charge is -2.06. The van der Waals surface area contributed by atoms with Gasteiger partial charge in [-0.1, -0.05) is 30.0 Å². The van der Waals surface area contributed by atoms with E-state index in [-0.39, 0.29) is 17.3 Å². The third-order valence-electron chi connectivity index (χ3n) is 4.28. The van der Waals surface area contributed by atoms with E-state index in [1.54, 1.807) is 33.6 Å². The van der Waals surface area contributed by atoms with Gasteiger partial charge in [0.2, 0.25) is 5.16 Å². The lowest BCUT2D eigenvalue weighted by molar-refractivity contribution is -0.384. The fraction of sp³-hybridized carbons (Fsp3) is 0.0500. The summed E-state index contributed by atoms with van der Waals surface area (Å²) in [5.41, 5.74) is 4.71. The van der Waals surface area contributed by atoms with Gasteiger partial charge in [0.15, 0.2) is 0 Å². The molecule has 2 aromatic heterocycles. The number of non-ortho nitro benzene ring substituents is 1. The molecule has 160 valence electrons. The number of nitrogens with zero attached hydrogens (tertiary/aromatic N) is 7. The number of thioether (sulfide) groups is 1. The molecule has 11 nitrogen and oxygen atoms in total. The number of nitrogens with one attached hydrogen (secondary N) is 1. The molecule has 0 aliphatic rings. The quantitative estimate of drug-likeness (QED) is 0.190. The molecule has 0 fully saturated rings. The van der Waals surface area contributed by atoms with Crippen LogP contribution in [0.4, 0.5) is 5.69 Å². The fourth-order valence-corrected chi connectivity index (χ4v) is 3.49. The van der Waals surface area contributed by atoms with Crippen LogP contribution in [-0.4, -0.2) is 47.6 Å². The van der Waals surface area contributed by atoms with Gasteiger partial charge in [0.25, 0.3) is 11.6 Å². The maximum atomic E-state index is 12.2. The van der Waals surface area contributed by atoms with Crippen molar-refractivity contribution < 1.29 is 9.72 Å². The van der Waals surface area contributed by atoms with Crippen LogP contribution in [0.5, 0.6) is 0 Å². The zero-order valence-corrected chi connectivity index (χ0v) is 17.3. The van der Waals surface area contributed by atoms with Crippen LogP contribution in [0.25, 0.3) is 11.4 Å². The Morgan fingerprint density at radius 3 is 2.62 bits per heavy atom. The summed E-state index contributed by atoms with van der Waals surface area (Å²) in [7, 11) is 0. The van der Waals surface area contributed by atoms with Gasteiger partial charge in [0.05, 0.1) is 28.3 Å². The number of carbonyl (C=O) groups excluding carboxylic acids is 1. The molecule has 0 unspecified atom stereocenters. The Kier molecular flexibility index (Phi) is 6.32. The van der Waals surface area contributed by atoms with Crippen LogP contribution in [0.15, 0.2) is 83.2 Å². The lowest BCUT2D eigenvalue weighted by Crippen LogP contribution is -2.20. The molecule has 1 N–H and O–H groups in total. The van der Waals surface area contributed by atoms with Gasteiger partial charge in [0.1, 0.15) is 0 Å². The second-order valence-electron chi connectivity index (χ2n) is 6.37. The number of nitro benzene ring substituents is 1. The van der Waals surface area contributed by atoms with E-state index in [0.717, 1.165) is 11.4 Å². The van der Waals surface area contributed by atoms with Crippen molar-refractivity contribution >= 4 is 29.6 Å². The summed E-state index contributed by atoms with van der Waals surface area (Å²) in [6.45, 7) is 0. The van der Waals surface area contributed by atoms with Gasteiger partial charge in [-0.25, -0.2) is 5.43 Å². The lowest BCUT2D eigenvalue weighted by atomic mass is 10.3. The highest BCUT2D eigenvalue weighted by Crippen LogP contribution is 2.18. The summed E-state index contributed by atoms with van der Waals surface area (Å²) in [5.74, 6) is -0.240. The molecular formula is C20H16N8O3S. The summed E-state index contributed by atoms with van der Waals surface area (Å²) in [4.78, 5) is 22.5. The van der Waals surface area contributed by atoms with E-state index < -0.39 is 4.92 Å². The number of amides is 1. The topological polar surface area (TPSA) is 133 Å². The first kappa shape index (κ1) is 20.9. The number of rotatable bonds is 8. The number of benzene rings is 2. The molecule has 0 saturated carbocycles. The van der Waals surface area contributed by atoms with E-state index in [2.05, 4.69) is 26.1 Å². The van der Waals surface area contributed by atoms with Gasteiger partial charge in [-0.05, 0) is 46.8 Å². The van der Waals surface area contributed by atoms with Gasteiger partial charge in [-0.3, -0.25) is 14.9 Å². The van der Waals surface area contributed by atoms with Gasteiger partial charge in [0, 0.05) is 24.0 Å². The minimum absolute atomic E-state index is 0.0131. The highest BCUT2D eigenvalue weighted by molar-refractivity contribution is 7.99. The molecule has 0 aliphatic heterocycles. The Morgan fingerprint density at radius 1 is 1.09 bits per heavy atom. The minimum Gasteiger partial charge on any atom is -0.316 e. The Balaban J connectivity index is 1.35. The average Bonchev–Trinajstić information content (AvgIpc) is 3.48. The zero-order valence-electron chi connectivity index (χ0n) is 16.5. The predicted octanol–water partition coefficient (Wildman–Crippen LogP) is 2.60. The van der Waals surface area contributed by atoms with Crippen molar-refractivity contribution in [1.82, 2.24) is 30.2 Å². The number of hydrazone groups is 1. The molecule has 2 heterocycles. The van der Waals surface area contributed by atoms with Gasteiger partial charge in [-0.15, -0.1) is 5.10 Å². The number of hydrogen-bond acceptors (Lipinski definition) is 8. The first-order valence-electron chi connectivity index (χ1n) is 9.32. The molecule has 4 rings (SSSR count). The van der Waals surface area contributed by atoms with Crippen LogP contribution in [0.1, 0.15) is 5.69 Å². The van der Waals surface area contributed by atoms with Gasteiger partial charge < -0.3 is 4.57 Å². The molecule has 0 bridgehead atoms. The maximum absolute atomic E-state index is 12.2. The van der Waals surface area contributed by atoms with Crippen LogP contribution < -0.4 is 5.43 Å². The van der Waals surface area contributed by atoms with E-state index >= 15 is 0 Å². The highest BCUT2D eigenvalue weighted by Gasteiger charge is 2.11. The van der Waals surface area contributed by atoms with Crippen molar-refractivity contribution in [2.75, 3.05) is 5.75 Å². The third-order valence-corrected chi connectivity index (χ3v) is 5.20. The minimum atomic E-state index is -0.451. The Bertz CT molecular complexity index is 1250. The van der Waals surface area contributed by atoms with Crippen LogP contribution >= 0.6 is 11.8 Å². The average molecular weight is 448 g/mol. The molecule has 0 radical (unpaired) electrons. The first-order chi connectivity index (χ1) is 15.6. The molecule has 0 atom stereocenters. The summed E-state index contributed by atoms with van der Waals surface area (Å²) in [5, 5.41) is 26.9. The van der Waals surface area contributed by atoms with Crippen LogP contribution in [0, 0.1) is 10.1 Å². The van der Waals surface area contributed by atoms with Crippen LogP contribution in [0.3, 0.4) is 0 Å². The molecular weight excluding hydrogens is 432 g/mol. The van der Waals surface area contributed by atoms with E-state index in [1.165, 1.54) is 30.1 Å². The van der Waals surface area contributed by atoms with Crippen molar-refractivity contribution in [1.29, 1.82) is 0 Å². The normalized spacial score (nSPS) is 11.0. The van der Waals surface area contributed by atoms with Crippen LogP contribution in [-0.2, 0) is 4.79 Å². The summed E-state index contributed by atoms with van der Waals surface area (Å²) in [6.07, 6.45) is 3.29. The van der Waals surface area contributed by atoms with Crippen molar-refractivity contribution in [2.24, 2.45) is 5.10 Å². The zero-order chi connectivity index (χ0) is 22.3. The van der Waals surface area contributed by atoms with Gasteiger partial charge >= 0.3 is 0 Å².